The SMILES string of the molecule is COc1cccc(NC(N)=NC2CC2c2ccccc2)c1.I. The van der Waals surface area contributed by atoms with E-state index < -0.39 is 0 Å². The minimum Gasteiger partial charge on any atom is -0.497 e. The Hall–Kier alpha value is -1.76. The molecule has 1 saturated carbocycles. The third-order valence-corrected chi connectivity index (χ3v) is 3.63. The summed E-state index contributed by atoms with van der Waals surface area (Å²) in [5.74, 6) is 1.74. The number of guanidine groups is 1. The Kier molecular flexibility index (Phi) is 5.65. The van der Waals surface area contributed by atoms with Crippen molar-refractivity contribution in [1.82, 2.24) is 0 Å². The molecule has 116 valence electrons. The molecule has 22 heavy (non-hydrogen) atoms. The molecule has 1 aliphatic carbocycles. The molecule has 0 bridgehead atoms. The number of methoxy groups -OCH3 is 1. The molecule has 1 fully saturated rings. The van der Waals surface area contributed by atoms with E-state index >= 15 is 0 Å². The van der Waals surface area contributed by atoms with Crippen molar-refractivity contribution in [1.29, 1.82) is 0 Å². The van der Waals surface area contributed by atoms with Crippen LogP contribution >= 0.6 is 24.0 Å². The quantitative estimate of drug-likeness (QED) is 0.461. The van der Waals surface area contributed by atoms with E-state index in [4.69, 9.17) is 10.5 Å². The van der Waals surface area contributed by atoms with E-state index in [1.54, 1.807) is 7.11 Å². The number of aliphatic imine (C=N–C) groups is 1. The number of ether oxygens (including phenoxy) is 1. The number of benzene rings is 2. The van der Waals surface area contributed by atoms with Gasteiger partial charge in [-0.3, -0.25) is 0 Å². The minimum atomic E-state index is 0. The van der Waals surface area contributed by atoms with Crippen LogP contribution < -0.4 is 15.8 Å². The normalized spacial score (nSPS) is 20.0. The van der Waals surface area contributed by atoms with Crippen LogP contribution in [0, 0.1) is 0 Å². The van der Waals surface area contributed by atoms with E-state index in [1.165, 1.54) is 5.56 Å². The van der Waals surface area contributed by atoms with Gasteiger partial charge in [0.1, 0.15) is 5.75 Å². The number of hydrogen-bond acceptors (Lipinski definition) is 2. The molecule has 0 aromatic heterocycles. The summed E-state index contributed by atoms with van der Waals surface area (Å²) in [5.41, 5.74) is 8.19. The lowest BCUT2D eigenvalue weighted by atomic mass is 10.1. The van der Waals surface area contributed by atoms with E-state index in [1.807, 2.05) is 30.3 Å². The Balaban J connectivity index is 0.00000176. The smallest absolute Gasteiger partial charge is 0.193 e. The van der Waals surface area contributed by atoms with Crippen LogP contribution in [-0.4, -0.2) is 19.1 Å². The summed E-state index contributed by atoms with van der Waals surface area (Å²) in [7, 11) is 1.64. The second kappa shape index (κ2) is 7.49. The zero-order valence-corrected chi connectivity index (χ0v) is 14.7. The van der Waals surface area contributed by atoms with Gasteiger partial charge in [0.15, 0.2) is 5.96 Å². The summed E-state index contributed by atoms with van der Waals surface area (Å²) in [4.78, 5) is 4.54. The lowest BCUT2D eigenvalue weighted by Gasteiger charge is -2.07. The predicted molar refractivity (Wildman–Crippen MR) is 101 cm³/mol. The van der Waals surface area contributed by atoms with Crippen molar-refractivity contribution in [2.45, 2.75) is 18.4 Å². The fourth-order valence-corrected chi connectivity index (χ4v) is 2.44. The molecule has 0 saturated heterocycles. The highest BCUT2D eigenvalue weighted by molar-refractivity contribution is 14.0. The average Bonchev–Trinajstić information content (AvgIpc) is 3.27. The van der Waals surface area contributed by atoms with Crippen molar-refractivity contribution < 1.29 is 4.74 Å². The summed E-state index contributed by atoms with van der Waals surface area (Å²) in [5, 5.41) is 3.11. The Morgan fingerprint density at radius 1 is 1.18 bits per heavy atom. The molecule has 0 spiro atoms. The highest BCUT2D eigenvalue weighted by Crippen LogP contribution is 2.43. The van der Waals surface area contributed by atoms with Crippen LogP contribution in [-0.2, 0) is 0 Å². The summed E-state index contributed by atoms with van der Waals surface area (Å²) in [6.07, 6.45) is 1.06. The van der Waals surface area contributed by atoms with E-state index in [0.717, 1.165) is 17.9 Å². The number of anilines is 1. The van der Waals surface area contributed by atoms with Gasteiger partial charge in [-0.1, -0.05) is 36.4 Å². The lowest BCUT2D eigenvalue weighted by Crippen LogP contribution is -2.23. The third kappa shape index (κ3) is 4.13. The molecular weight excluding hydrogens is 389 g/mol. The number of halogens is 1. The molecule has 3 rings (SSSR count). The van der Waals surface area contributed by atoms with Gasteiger partial charge in [0.05, 0.1) is 13.2 Å². The standard InChI is InChI=1S/C17H19N3O.HI/c1-21-14-9-5-8-13(10-14)19-17(18)20-16-11-15(16)12-6-3-2-4-7-12;/h2-10,15-16H,11H2,1H3,(H3,18,19,20);1H. The lowest BCUT2D eigenvalue weighted by molar-refractivity contribution is 0.415. The van der Waals surface area contributed by atoms with Crippen molar-refractivity contribution in [2.24, 2.45) is 10.7 Å². The molecule has 0 amide bonds. The maximum atomic E-state index is 5.98. The van der Waals surface area contributed by atoms with Gasteiger partial charge in [-0.2, -0.15) is 0 Å². The zero-order chi connectivity index (χ0) is 14.7. The van der Waals surface area contributed by atoms with Crippen molar-refractivity contribution in [2.75, 3.05) is 12.4 Å². The maximum Gasteiger partial charge on any atom is 0.193 e. The van der Waals surface area contributed by atoms with Crippen LogP contribution in [0.5, 0.6) is 5.75 Å². The second-order valence-corrected chi connectivity index (χ2v) is 5.19. The molecule has 2 atom stereocenters. The molecule has 5 heteroatoms. The average molecular weight is 409 g/mol. The molecule has 0 radical (unpaired) electrons. The summed E-state index contributed by atoms with van der Waals surface area (Å²) >= 11 is 0. The minimum absolute atomic E-state index is 0. The number of nitrogens with one attached hydrogen (secondary N) is 1. The van der Waals surface area contributed by atoms with Gasteiger partial charge in [0, 0.05) is 17.7 Å². The van der Waals surface area contributed by atoms with E-state index in [-0.39, 0.29) is 30.0 Å². The first kappa shape index (κ1) is 16.6. The first-order valence-electron chi connectivity index (χ1n) is 7.05. The van der Waals surface area contributed by atoms with Gasteiger partial charge in [-0.15, -0.1) is 24.0 Å². The molecule has 2 aromatic carbocycles. The second-order valence-electron chi connectivity index (χ2n) is 5.19. The van der Waals surface area contributed by atoms with Crippen molar-refractivity contribution in [3.05, 3.63) is 60.2 Å². The Bertz CT molecular complexity index is 645. The molecule has 4 nitrogen and oxygen atoms in total. The summed E-state index contributed by atoms with van der Waals surface area (Å²) in [6.45, 7) is 0. The first-order chi connectivity index (χ1) is 10.3. The van der Waals surface area contributed by atoms with Gasteiger partial charge < -0.3 is 15.8 Å². The molecular formula is C17H20IN3O. The van der Waals surface area contributed by atoms with Crippen molar-refractivity contribution in [3.8, 4) is 5.75 Å². The van der Waals surface area contributed by atoms with E-state index in [2.05, 4.69) is 34.6 Å². The summed E-state index contributed by atoms with van der Waals surface area (Å²) in [6, 6.07) is 18.4. The molecule has 0 aliphatic heterocycles. The fourth-order valence-electron chi connectivity index (χ4n) is 2.44. The monoisotopic (exact) mass is 409 g/mol. The Labute approximate surface area is 147 Å². The highest BCUT2D eigenvalue weighted by Gasteiger charge is 2.38. The fraction of sp³-hybridized carbons (Fsp3) is 0.235. The van der Waals surface area contributed by atoms with Crippen molar-refractivity contribution in [3.63, 3.8) is 0 Å². The highest BCUT2D eigenvalue weighted by atomic mass is 127. The first-order valence-corrected chi connectivity index (χ1v) is 7.05. The largest absolute Gasteiger partial charge is 0.497 e. The number of nitrogens with two attached hydrogens (primary N) is 1. The van der Waals surface area contributed by atoms with E-state index in [9.17, 15) is 0 Å². The molecule has 1 aliphatic rings. The van der Waals surface area contributed by atoms with Crippen LogP contribution in [0.15, 0.2) is 59.6 Å². The number of rotatable bonds is 4. The molecule has 2 unspecified atom stereocenters. The molecule has 0 heterocycles. The number of hydrogen-bond donors (Lipinski definition) is 2. The molecule has 3 N–H and O–H groups in total. The van der Waals surface area contributed by atoms with Gasteiger partial charge in [0.2, 0.25) is 0 Å². The van der Waals surface area contributed by atoms with Crippen molar-refractivity contribution >= 4 is 35.6 Å². The predicted octanol–water partition coefficient (Wildman–Crippen LogP) is 3.60. The maximum absolute atomic E-state index is 5.98. The van der Waals surface area contributed by atoms with Gasteiger partial charge in [-0.25, -0.2) is 4.99 Å². The number of nitrogens with zero attached hydrogens (tertiary/aromatic N) is 1. The zero-order valence-electron chi connectivity index (χ0n) is 12.4. The van der Waals surface area contributed by atoms with Gasteiger partial charge in [-0.05, 0) is 24.1 Å². The van der Waals surface area contributed by atoms with Crippen LogP contribution in [0.25, 0.3) is 0 Å². The van der Waals surface area contributed by atoms with Crippen LogP contribution in [0.4, 0.5) is 5.69 Å². The Morgan fingerprint density at radius 2 is 1.95 bits per heavy atom. The topological polar surface area (TPSA) is 59.6 Å². The van der Waals surface area contributed by atoms with Crippen LogP contribution in [0.2, 0.25) is 0 Å². The van der Waals surface area contributed by atoms with Gasteiger partial charge in [0.25, 0.3) is 0 Å². The van der Waals surface area contributed by atoms with Gasteiger partial charge >= 0.3 is 0 Å². The van der Waals surface area contributed by atoms with E-state index in [0.29, 0.717) is 11.9 Å². The Morgan fingerprint density at radius 3 is 2.68 bits per heavy atom. The van der Waals surface area contributed by atoms with Crippen LogP contribution in [0.3, 0.4) is 0 Å². The molecule has 2 aromatic rings. The van der Waals surface area contributed by atoms with Crippen LogP contribution in [0.1, 0.15) is 17.9 Å². The summed E-state index contributed by atoms with van der Waals surface area (Å²) < 4.78 is 5.18. The third-order valence-electron chi connectivity index (χ3n) is 3.63.